The first-order valence-electron chi connectivity index (χ1n) is 42.5. The van der Waals surface area contributed by atoms with Gasteiger partial charge in [-0.3, -0.25) is 76.7 Å². The number of unbranched alkanes of at least 4 members (excludes halogenated alkanes) is 1. The van der Waals surface area contributed by atoms with Crippen LogP contribution in [-0.2, 0) is 115 Å². The second-order valence-electron chi connectivity index (χ2n) is 33.1. The van der Waals surface area contributed by atoms with Gasteiger partial charge in [0.05, 0.1) is 31.0 Å². The van der Waals surface area contributed by atoms with Crippen molar-refractivity contribution in [1.82, 2.24) is 72.4 Å². The number of phenols is 3. The van der Waals surface area contributed by atoms with Crippen LogP contribution in [0.15, 0.2) is 158 Å². The number of likely N-dealkylation sites (N-methyl/N-ethyl adjacent to an activating group) is 4. The zero-order valence-corrected chi connectivity index (χ0v) is 74.2. The zero-order valence-electron chi connectivity index (χ0n) is 73.4. The van der Waals surface area contributed by atoms with Gasteiger partial charge in [0.2, 0.25) is 88.6 Å². The molecule has 2 aliphatic heterocycles. The predicted octanol–water partition coefficient (Wildman–Crippen LogP) is 1.92. The minimum absolute atomic E-state index is 0.0110. The topological polar surface area (TPSA) is 520 Å². The third-order valence-electron chi connectivity index (χ3n) is 22.4. The number of aromatic hydroxyl groups is 3. The second kappa shape index (κ2) is 46.6. The van der Waals surface area contributed by atoms with Crippen LogP contribution in [0.4, 0.5) is 5.69 Å². The molecule has 37 heteroatoms. The van der Waals surface area contributed by atoms with Crippen molar-refractivity contribution in [2.45, 2.75) is 172 Å². The number of thioether (sulfide) groups is 1. The summed E-state index contributed by atoms with van der Waals surface area (Å²) in [4.78, 5) is 244. The number of anilines is 1. The van der Waals surface area contributed by atoms with E-state index >= 15 is 38.4 Å². The van der Waals surface area contributed by atoms with E-state index < -0.39 is 205 Å². The van der Waals surface area contributed by atoms with Crippen molar-refractivity contribution in [2.75, 3.05) is 64.2 Å². The zero-order chi connectivity index (χ0) is 94.0. The standard InChI is InChI=1S/C92H114N16O20S/c1-10-11-26-72-90(126)104(6)48-77(113)97-68(45-80(116)117)86(122)103-81(53(4)5)92(128)106(8)74(40-54-20-14-12-15-21-54)87(123)101-70-42-58-31-36-62(111)44-73(58)108(89(70)125)49-78(114)96-67(43-59-46-94-64-25-19-18-24-63(59)64)85(121)100-66(38-56-27-32-60(109)33-28-56)84(120)99-65(37-52(2)3)83(119)102-71(82(118)95-47-76(93)112)50-129-51-79(115)98-69(39-57-29-34-61(110)35-30-57)88(124)107(9)75(91(127)105(72)7)41-55-22-16-13-17-23-55/h12-25,27-36,44,46,52-53,65-72,74-75,81,94,109-111H,10-11,26,37-43,45,47-51H2,1-9H3,(H2,93,112)(H,95,118)(H,96,114)(H,97,113)(H,98,115)(H,99,120)(H,100,121)(H,101,123)(H,102,119)(H,103,122)(H,116,117)/t65-,66-,67-,68-,69-,70-,71-,72-,74-,75-,81-/m0/s1. The van der Waals surface area contributed by atoms with Gasteiger partial charge < -0.3 is 103 Å². The summed E-state index contributed by atoms with van der Waals surface area (Å²) in [5.74, 6) is -18.2. The number of H-pyrrole nitrogens is 1. The highest BCUT2D eigenvalue weighted by Gasteiger charge is 2.44. The number of carbonyl (C=O) groups is 16. The van der Waals surface area contributed by atoms with E-state index in [-0.39, 0.29) is 80.2 Å². The minimum atomic E-state index is -1.91. The third-order valence-corrected chi connectivity index (χ3v) is 23.4. The minimum Gasteiger partial charge on any atom is -0.508 e. The van der Waals surface area contributed by atoms with Crippen LogP contribution in [0.25, 0.3) is 10.9 Å². The lowest BCUT2D eigenvalue weighted by atomic mass is 9.95. The molecule has 7 aromatic rings. The van der Waals surface area contributed by atoms with E-state index in [0.29, 0.717) is 57.1 Å². The maximum atomic E-state index is 15.5. The van der Waals surface area contributed by atoms with Crippen molar-refractivity contribution in [3.63, 3.8) is 0 Å². The molecule has 2 bridgehead atoms. The average molecular weight is 1800 g/mol. The number of hydrogen-bond donors (Lipinski definition) is 15. The van der Waals surface area contributed by atoms with Gasteiger partial charge in [-0.1, -0.05) is 157 Å². The van der Waals surface area contributed by atoms with Crippen molar-refractivity contribution in [1.29, 1.82) is 0 Å². The number of aromatic amines is 1. The molecule has 3 heterocycles. The highest BCUT2D eigenvalue weighted by atomic mass is 32.2. The lowest BCUT2D eigenvalue weighted by Crippen LogP contribution is -2.62. The largest absolute Gasteiger partial charge is 0.508 e. The number of nitrogens with one attached hydrogen (secondary N) is 10. The Morgan fingerprint density at radius 1 is 0.504 bits per heavy atom. The Morgan fingerprint density at radius 2 is 1.02 bits per heavy atom. The Morgan fingerprint density at radius 3 is 1.62 bits per heavy atom. The van der Waals surface area contributed by atoms with Crippen molar-refractivity contribution in [2.24, 2.45) is 17.6 Å². The summed E-state index contributed by atoms with van der Waals surface area (Å²) in [6, 6.07) is 22.3. The van der Waals surface area contributed by atoms with Crippen molar-refractivity contribution < 1.29 is 97.1 Å². The molecular weight excluding hydrogens is 1680 g/mol. The number of phenolic OH excluding ortho intramolecular Hbond substituents is 3. The number of rotatable bonds is 21. The van der Waals surface area contributed by atoms with Gasteiger partial charge in [-0.2, -0.15) is 0 Å². The number of nitrogens with two attached hydrogens (primary N) is 1. The van der Waals surface area contributed by atoms with E-state index in [0.717, 1.165) is 36.3 Å². The first-order valence-corrected chi connectivity index (χ1v) is 43.6. The molecule has 11 atom stereocenters. The Hall–Kier alpha value is -13.9. The van der Waals surface area contributed by atoms with Crippen LogP contribution in [0.1, 0.15) is 100 Å². The first kappa shape index (κ1) is 98.9. The molecule has 6 aromatic carbocycles. The fourth-order valence-electron chi connectivity index (χ4n) is 15.3. The summed E-state index contributed by atoms with van der Waals surface area (Å²) >= 11 is 0.796. The van der Waals surface area contributed by atoms with Gasteiger partial charge in [0.1, 0.15) is 90.3 Å². The number of primary amides is 1. The number of carbonyl (C=O) groups excluding carboxylic acids is 15. The number of nitrogens with zero attached hydrogens (tertiary/aromatic N) is 5. The first-order chi connectivity index (χ1) is 61.4. The van der Waals surface area contributed by atoms with E-state index in [9.17, 15) is 58.8 Å². The quantitative estimate of drug-likeness (QED) is 0.0489. The van der Waals surface area contributed by atoms with Crippen LogP contribution in [0, 0.1) is 11.8 Å². The van der Waals surface area contributed by atoms with E-state index in [1.807, 2.05) is 6.92 Å². The number of benzene rings is 6. The fourth-order valence-corrected chi connectivity index (χ4v) is 16.2. The molecule has 1 saturated heterocycles. The number of carboxylic acid groups (broad SMARTS) is 1. The number of para-hydroxylation sites is 1. The molecule has 1 aromatic heterocycles. The maximum absolute atomic E-state index is 15.5. The molecule has 0 aliphatic carbocycles. The monoisotopic (exact) mass is 1790 g/mol. The number of fused-ring (bicyclic) bond motifs is 5. The summed E-state index contributed by atoms with van der Waals surface area (Å²) in [5.41, 5.74) is 8.85. The molecule has 15 amide bonds. The van der Waals surface area contributed by atoms with Gasteiger partial charge in [0.25, 0.3) is 0 Å². The molecule has 0 radical (unpaired) electrons. The van der Waals surface area contributed by atoms with Gasteiger partial charge in [-0.05, 0) is 94.5 Å². The number of aliphatic carboxylic acids is 1. The van der Waals surface area contributed by atoms with E-state index in [4.69, 9.17) is 5.73 Å². The number of hydrogen-bond acceptors (Lipinski definition) is 20. The van der Waals surface area contributed by atoms with E-state index in [1.54, 1.807) is 119 Å². The van der Waals surface area contributed by atoms with Crippen LogP contribution in [0.5, 0.6) is 17.2 Å². The van der Waals surface area contributed by atoms with Gasteiger partial charge in [-0.15, -0.1) is 11.8 Å². The molecule has 16 N–H and O–H groups in total. The summed E-state index contributed by atoms with van der Waals surface area (Å²) in [6.45, 7) is 6.01. The molecule has 0 saturated carbocycles. The third kappa shape index (κ3) is 28.1. The molecule has 1 fully saturated rings. The normalized spacial score (nSPS) is 22.1. The summed E-state index contributed by atoms with van der Waals surface area (Å²) in [5, 5.41) is 66.4. The molecule has 2 aliphatic rings. The van der Waals surface area contributed by atoms with Crippen LogP contribution < -0.4 is 58.5 Å². The molecule has 9 rings (SSSR count). The Balaban J connectivity index is 1.12. The molecule has 36 nitrogen and oxygen atoms in total. The lowest BCUT2D eigenvalue weighted by molar-refractivity contribution is -0.151. The van der Waals surface area contributed by atoms with Gasteiger partial charge in [0.15, 0.2) is 0 Å². The van der Waals surface area contributed by atoms with Gasteiger partial charge in [0, 0.05) is 95.6 Å². The lowest BCUT2D eigenvalue weighted by Gasteiger charge is -2.37. The fraction of sp³-hybridized carbons (Fsp3) is 0.413. The number of aromatic nitrogens is 1. The number of carboxylic acids is 1. The Bertz CT molecular complexity index is 5200. The average Bonchev–Trinajstić information content (AvgIpc) is 1.17. The van der Waals surface area contributed by atoms with Crippen LogP contribution in [0.3, 0.4) is 0 Å². The molecule has 0 unspecified atom stereocenters. The van der Waals surface area contributed by atoms with E-state index in [1.165, 1.54) is 94.9 Å². The molecule has 129 heavy (non-hydrogen) atoms. The Labute approximate surface area is 750 Å². The van der Waals surface area contributed by atoms with Gasteiger partial charge >= 0.3 is 5.97 Å². The van der Waals surface area contributed by atoms with Crippen molar-refractivity contribution in [3.05, 3.63) is 191 Å². The summed E-state index contributed by atoms with van der Waals surface area (Å²) in [6.07, 6.45) is -0.129. The highest BCUT2D eigenvalue weighted by molar-refractivity contribution is 8.00. The summed E-state index contributed by atoms with van der Waals surface area (Å²) < 4.78 is 0. The Kier molecular flexibility index (Phi) is 35.7. The van der Waals surface area contributed by atoms with Crippen LogP contribution in [0.2, 0.25) is 0 Å². The molecular formula is C92H114N16O20S. The SMILES string of the molecule is CCCC[C@H]1C(=O)N(C)CC(=O)N[C@@H](CC(=O)O)C(=O)N[C@@H](C(C)C)C(=O)N(C)[C@@H](Cc2ccccc2)C(=O)N[C@H]2Cc3ccc(O)cc3N(CC(=O)N[C@@H](Cc3c[nH]c4ccccc34)C(=O)N[C@@H](Cc3ccc(O)cc3)C(=O)N[C@@H](CC(C)C)C(=O)N[C@H](C(=O)NCC(N)=O)CSCC(=O)N[C@@H](Cc3ccc(O)cc3)C(=O)N(C)[C@@H](Cc3ccccc3)C(=O)N1C)C2=O. The molecule has 0 spiro atoms. The summed E-state index contributed by atoms with van der Waals surface area (Å²) in [7, 11) is 5.21. The van der Waals surface area contributed by atoms with Crippen LogP contribution in [-0.4, -0.2) is 265 Å². The van der Waals surface area contributed by atoms with E-state index in [2.05, 4.69) is 52.8 Å². The molecule has 688 valence electrons. The van der Waals surface area contributed by atoms with Crippen molar-refractivity contribution in [3.8, 4) is 17.2 Å². The van der Waals surface area contributed by atoms with Crippen molar-refractivity contribution >= 4 is 123 Å². The second-order valence-corrected chi connectivity index (χ2v) is 34.1. The van der Waals surface area contributed by atoms with Gasteiger partial charge in [-0.25, -0.2) is 0 Å². The number of amides is 15. The van der Waals surface area contributed by atoms with Crippen LogP contribution >= 0.6 is 11.8 Å². The maximum Gasteiger partial charge on any atom is 0.305 e. The predicted molar refractivity (Wildman–Crippen MR) is 478 cm³/mol. The smallest absolute Gasteiger partial charge is 0.305 e. The highest BCUT2D eigenvalue weighted by Crippen LogP contribution is 2.33.